The lowest BCUT2D eigenvalue weighted by Gasteiger charge is -2.13. The van der Waals surface area contributed by atoms with Crippen molar-refractivity contribution in [2.45, 2.75) is 18.9 Å². The molecule has 1 aliphatic rings. The van der Waals surface area contributed by atoms with Crippen molar-refractivity contribution < 1.29 is 23.8 Å². The first kappa shape index (κ1) is 22.4. The van der Waals surface area contributed by atoms with Crippen molar-refractivity contribution in [3.8, 4) is 22.6 Å². The summed E-state index contributed by atoms with van der Waals surface area (Å²) in [5, 5.41) is 5.75. The number of hydrogen-bond donors (Lipinski definition) is 2. The number of benzene rings is 3. The second-order valence-electron chi connectivity index (χ2n) is 7.67. The van der Waals surface area contributed by atoms with Crippen LogP contribution in [0.5, 0.6) is 11.5 Å². The Morgan fingerprint density at radius 1 is 0.909 bits per heavy atom. The summed E-state index contributed by atoms with van der Waals surface area (Å²) >= 11 is 0. The zero-order valence-electron chi connectivity index (χ0n) is 18.6. The first-order chi connectivity index (χ1) is 16.1. The van der Waals surface area contributed by atoms with Gasteiger partial charge in [0, 0.05) is 29.1 Å². The standard InChI is InChI=1S/C26H26N2O5/c1-31-21-11-8-17(9-12-21)22-16-20(10-13-23(22)32-2)27-25(29)18-5-3-6-19(15-18)28-26(30)24-7-4-14-33-24/h3,5-6,8-13,15-16,24H,4,7,14H2,1-2H3,(H,27,29)(H,28,30). The van der Waals surface area contributed by atoms with Gasteiger partial charge in [0.25, 0.3) is 11.8 Å². The molecule has 0 spiro atoms. The van der Waals surface area contributed by atoms with Crippen LogP contribution in [-0.2, 0) is 9.53 Å². The number of carbonyl (C=O) groups excluding carboxylic acids is 2. The molecule has 0 saturated carbocycles. The van der Waals surface area contributed by atoms with Crippen LogP contribution in [0.1, 0.15) is 23.2 Å². The maximum atomic E-state index is 12.9. The van der Waals surface area contributed by atoms with Crippen molar-refractivity contribution in [2.75, 3.05) is 31.5 Å². The molecule has 0 radical (unpaired) electrons. The Labute approximate surface area is 192 Å². The highest BCUT2D eigenvalue weighted by Crippen LogP contribution is 2.33. The zero-order valence-corrected chi connectivity index (χ0v) is 18.6. The van der Waals surface area contributed by atoms with E-state index >= 15 is 0 Å². The fourth-order valence-electron chi connectivity index (χ4n) is 3.73. The van der Waals surface area contributed by atoms with Crippen LogP contribution in [0.25, 0.3) is 11.1 Å². The molecule has 0 bridgehead atoms. The fourth-order valence-corrected chi connectivity index (χ4v) is 3.73. The van der Waals surface area contributed by atoms with Crippen LogP contribution in [0.4, 0.5) is 11.4 Å². The quantitative estimate of drug-likeness (QED) is 0.548. The number of methoxy groups -OCH3 is 2. The number of nitrogens with one attached hydrogen (secondary N) is 2. The molecule has 3 aromatic carbocycles. The maximum absolute atomic E-state index is 12.9. The van der Waals surface area contributed by atoms with Crippen LogP contribution in [-0.4, -0.2) is 38.7 Å². The molecular formula is C26H26N2O5. The number of rotatable bonds is 7. The van der Waals surface area contributed by atoms with Gasteiger partial charge in [0.15, 0.2) is 0 Å². The molecule has 1 aliphatic heterocycles. The molecule has 1 heterocycles. The Balaban J connectivity index is 1.50. The molecule has 3 aromatic rings. The minimum absolute atomic E-state index is 0.190. The molecule has 1 saturated heterocycles. The second-order valence-corrected chi connectivity index (χ2v) is 7.67. The van der Waals surface area contributed by atoms with Gasteiger partial charge in [0.2, 0.25) is 0 Å². The highest BCUT2D eigenvalue weighted by atomic mass is 16.5. The monoisotopic (exact) mass is 446 g/mol. The van der Waals surface area contributed by atoms with Crippen molar-refractivity contribution in [1.29, 1.82) is 0 Å². The van der Waals surface area contributed by atoms with E-state index in [-0.39, 0.29) is 11.8 Å². The average Bonchev–Trinajstić information content (AvgIpc) is 3.39. The molecular weight excluding hydrogens is 420 g/mol. The van der Waals surface area contributed by atoms with E-state index in [2.05, 4.69) is 10.6 Å². The Kier molecular flexibility index (Phi) is 6.90. The van der Waals surface area contributed by atoms with Crippen molar-refractivity contribution in [2.24, 2.45) is 0 Å². The number of amides is 2. The molecule has 0 aliphatic carbocycles. The minimum atomic E-state index is -0.432. The summed E-state index contributed by atoms with van der Waals surface area (Å²) in [6.07, 6.45) is 1.15. The molecule has 1 unspecified atom stereocenters. The highest BCUT2D eigenvalue weighted by Gasteiger charge is 2.23. The van der Waals surface area contributed by atoms with Gasteiger partial charge in [-0.1, -0.05) is 18.2 Å². The number of carbonyl (C=O) groups is 2. The number of anilines is 2. The Morgan fingerprint density at radius 2 is 1.70 bits per heavy atom. The van der Waals surface area contributed by atoms with Crippen LogP contribution in [0.2, 0.25) is 0 Å². The van der Waals surface area contributed by atoms with E-state index in [0.717, 1.165) is 23.3 Å². The molecule has 1 atom stereocenters. The topological polar surface area (TPSA) is 85.9 Å². The molecule has 7 nitrogen and oxygen atoms in total. The van der Waals surface area contributed by atoms with E-state index in [1.165, 1.54) is 0 Å². The SMILES string of the molecule is COc1ccc(-c2cc(NC(=O)c3cccc(NC(=O)C4CCCO4)c3)ccc2OC)cc1. The van der Waals surface area contributed by atoms with Crippen LogP contribution in [0, 0.1) is 0 Å². The van der Waals surface area contributed by atoms with Crippen LogP contribution in [0.3, 0.4) is 0 Å². The second kappa shape index (κ2) is 10.2. The third-order valence-electron chi connectivity index (χ3n) is 5.47. The predicted octanol–water partition coefficient (Wildman–Crippen LogP) is 4.74. The molecule has 4 rings (SSSR count). The maximum Gasteiger partial charge on any atom is 0.255 e. The number of hydrogen-bond acceptors (Lipinski definition) is 5. The largest absolute Gasteiger partial charge is 0.497 e. The summed E-state index contributed by atoms with van der Waals surface area (Å²) in [5.74, 6) is 0.976. The summed E-state index contributed by atoms with van der Waals surface area (Å²) in [6.45, 7) is 0.598. The van der Waals surface area contributed by atoms with E-state index in [9.17, 15) is 9.59 Å². The van der Waals surface area contributed by atoms with Crippen LogP contribution in [0.15, 0.2) is 66.7 Å². The Morgan fingerprint density at radius 3 is 2.39 bits per heavy atom. The van der Waals surface area contributed by atoms with Gasteiger partial charge in [-0.2, -0.15) is 0 Å². The summed E-state index contributed by atoms with van der Waals surface area (Å²) in [4.78, 5) is 25.2. The summed E-state index contributed by atoms with van der Waals surface area (Å²) < 4.78 is 16.1. The molecule has 170 valence electrons. The molecule has 2 amide bonds. The van der Waals surface area contributed by atoms with Gasteiger partial charge in [-0.05, 0) is 66.9 Å². The van der Waals surface area contributed by atoms with Crippen molar-refractivity contribution in [3.63, 3.8) is 0 Å². The lowest BCUT2D eigenvalue weighted by Crippen LogP contribution is -2.27. The molecule has 0 aromatic heterocycles. The third-order valence-corrected chi connectivity index (χ3v) is 5.47. The third kappa shape index (κ3) is 5.32. The van der Waals surface area contributed by atoms with E-state index < -0.39 is 6.10 Å². The van der Waals surface area contributed by atoms with Gasteiger partial charge < -0.3 is 24.8 Å². The number of ether oxygens (including phenoxy) is 3. The van der Waals surface area contributed by atoms with E-state index in [4.69, 9.17) is 14.2 Å². The highest BCUT2D eigenvalue weighted by molar-refractivity contribution is 6.06. The summed E-state index contributed by atoms with van der Waals surface area (Å²) in [7, 11) is 3.23. The van der Waals surface area contributed by atoms with Crippen molar-refractivity contribution in [3.05, 3.63) is 72.3 Å². The predicted molar refractivity (Wildman–Crippen MR) is 127 cm³/mol. The minimum Gasteiger partial charge on any atom is -0.497 e. The lowest BCUT2D eigenvalue weighted by atomic mass is 10.0. The summed E-state index contributed by atoms with van der Waals surface area (Å²) in [6, 6.07) is 19.9. The summed E-state index contributed by atoms with van der Waals surface area (Å²) in [5.41, 5.74) is 3.39. The molecule has 1 fully saturated rings. The van der Waals surface area contributed by atoms with E-state index in [0.29, 0.717) is 35.7 Å². The van der Waals surface area contributed by atoms with Gasteiger partial charge in [-0.25, -0.2) is 0 Å². The van der Waals surface area contributed by atoms with Crippen LogP contribution >= 0.6 is 0 Å². The fraction of sp³-hybridized carbons (Fsp3) is 0.231. The Bertz CT molecular complexity index is 1140. The van der Waals surface area contributed by atoms with Crippen LogP contribution < -0.4 is 20.1 Å². The first-order valence-electron chi connectivity index (χ1n) is 10.7. The van der Waals surface area contributed by atoms with E-state index in [1.807, 2.05) is 36.4 Å². The van der Waals surface area contributed by atoms with Gasteiger partial charge in [0.1, 0.15) is 17.6 Å². The molecule has 2 N–H and O–H groups in total. The normalized spacial score (nSPS) is 15.0. The first-order valence-corrected chi connectivity index (χ1v) is 10.7. The smallest absolute Gasteiger partial charge is 0.255 e. The zero-order chi connectivity index (χ0) is 23.2. The Hall–Kier alpha value is -3.84. The molecule has 33 heavy (non-hydrogen) atoms. The van der Waals surface area contributed by atoms with Gasteiger partial charge >= 0.3 is 0 Å². The van der Waals surface area contributed by atoms with Gasteiger partial charge in [-0.15, -0.1) is 0 Å². The van der Waals surface area contributed by atoms with E-state index in [1.54, 1.807) is 44.6 Å². The van der Waals surface area contributed by atoms with Crippen molar-refractivity contribution in [1.82, 2.24) is 0 Å². The average molecular weight is 447 g/mol. The molecule has 7 heteroatoms. The van der Waals surface area contributed by atoms with Gasteiger partial charge in [-0.3, -0.25) is 9.59 Å². The van der Waals surface area contributed by atoms with Gasteiger partial charge in [0.05, 0.1) is 14.2 Å². The van der Waals surface area contributed by atoms with Crippen molar-refractivity contribution >= 4 is 23.2 Å². The lowest BCUT2D eigenvalue weighted by molar-refractivity contribution is -0.124.